The number of methoxy groups -OCH3 is 1. The van der Waals surface area contributed by atoms with Crippen LogP contribution in [0.15, 0.2) is 42.5 Å². The highest BCUT2D eigenvalue weighted by Crippen LogP contribution is 2.42. The molecule has 1 heterocycles. The molecule has 0 fully saturated rings. The van der Waals surface area contributed by atoms with Crippen LogP contribution in [0.25, 0.3) is 10.9 Å². The van der Waals surface area contributed by atoms with Crippen molar-refractivity contribution in [2.45, 2.75) is 26.8 Å². The highest BCUT2D eigenvalue weighted by Gasteiger charge is 2.28. The third-order valence-corrected chi connectivity index (χ3v) is 4.94. The number of phenols is 1. The summed E-state index contributed by atoms with van der Waals surface area (Å²) in [7, 11) is 1.59. The van der Waals surface area contributed by atoms with Crippen molar-refractivity contribution in [3.8, 4) is 11.5 Å². The minimum atomic E-state index is -0.0405. The average molecular weight is 338 g/mol. The van der Waals surface area contributed by atoms with Crippen LogP contribution in [0, 0.1) is 6.92 Å². The van der Waals surface area contributed by atoms with E-state index in [1.165, 1.54) is 10.9 Å². The fraction of sp³-hybridized carbons (Fsp3) is 0.333. The molecule has 25 heavy (non-hydrogen) atoms. The van der Waals surface area contributed by atoms with E-state index in [0.29, 0.717) is 5.75 Å². The first-order valence-corrected chi connectivity index (χ1v) is 8.79. The number of para-hydroxylation sites is 2. The molecule has 0 saturated carbocycles. The van der Waals surface area contributed by atoms with E-state index in [4.69, 9.17) is 4.74 Å². The number of phenolic OH excluding ortho intramolecular Hbond substituents is 1. The van der Waals surface area contributed by atoms with Crippen LogP contribution in [-0.2, 0) is 0 Å². The Labute approximate surface area is 149 Å². The Balaban J connectivity index is 2.28. The first-order valence-electron chi connectivity index (χ1n) is 8.79. The number of nitrogens with one attached hydrogen (secondary N) is 1. The number of aromatic nitrogens is 1. The van der Waals surface area contributed by atoms with Gasteiger partial charge in [0.25, 0.3) is 0 Å². The van der Waals surface area contributed by atoms with E-state index in [1.54, 1.807) is 13.2 Å². The lowest BCUT2D eigenvalue weighted by atomic mass is 9.93. The van der Waals surface area contributed by atoms with Crippen molar-refractivity contribution < 1.29 is 9.84 Å². The second-order valence-corrected chi connectivity index (χ2v) is 6.23. The Kier molecular flexibility index (Phi) is 5.00. The first kappa shape index (κ1) is 17.4. The van der Waals surface area contributed by atoms with Gasteiger partial charge in [-0.3, -0.25) is 4.90 Å². The summed E-state index contributed by atoms with van der Waals surface area (Å²) in [5.74, 6) is 0.721. The molecule has 0 radical (unpaired) electrons. The summed E-state index contributed by atoms with van der Waals surface area (Å²) in [6.07, 6.45) is 0. The number of fused-ring (bicyclic) bond motifs is 1. The van der Waals surface area contributed by atoms with Crippen LogP contribution in [-0.4, -0.2) is 35.2 Å². The van der Waals surface area contributed by atoms with E-state index >= 15 is 0 Å². The number of hydrogen-bond acceptors (Lipinski definition) is 3. The maximum atomic E-state index is 10.8. The Morgan fingerprint density at radius 1 is 1.08 bits per heavy atom. The van der Waals surface area contributed by atoms with Gasteiger partial charge in [-0.1, -0.05) is 44.2 Å². The number of ether oxygens (including phenoxy) is 1. The smallest absolute Gasteiger partial charge is 0.162 e. The standard InChI is InChI=1S/C21H26N2O2/c1-5-23(6-2)20(16-11-9-13-18(25-4)21(16)24)19-14(3)22-17-12-8-7-10-15(17)19/h7-13,20,22,24H,5-6H2,1-4H3. The van der Waals surface area contributed by atoms with Crippen molar-refractivity contribution >= 4 is 10.9 Å². The van der Waals surface area contributed by atoms with Crippen LogP contribution in [0.1, 0.15) is 36.7 Å². The molecule has 0 bridgehead atoms. The second kappa shape index (κ2) is 7.19. The molecule has 0 spiro atoms. The van der Waals surface area contributed by atoms with Gasteiger partial charge >= 0.3 is 0 Å². The SMILES string of the molecule is CCN(CC)C(c1cccc(OC)c1O)c1c(C)[nH]c2ccccc12. The molecule has 132 valence electrons. The van der Waals surface area contributed by atoms with E-state index in [2.05, 4.69) is 48.9 Å². The summed E-state index contributed by atoms with van der Waals surface area (Å²) in [6.45, 7) is 8.17. The maximum absolute atomic E-state index is 10.8. The lowest BCUT2D eigenvalue weighted by molar-refractivity contribution is 0.245. The predicted molar refractivity (Wildman–Crippen MR) is 102 cm³/mol. The molecule has 2 aromatic carbocycles. The molecule has 0 aliphatic rings. The van der Waals surface area contributed by atoms with Gasteiger partial charge in [-0.15, -0.1) is 0 Å². The number of rotatable bonds is 6. The van der Waals surface area contributed by atoms with Crippen LogP contribution < -0.4 is 4.74 Å². The van der Waals surface area contributed by atoms with Crippen molar-refractivity contribution in [1.82, 2.24) is 9.88 Å². The lowest BCUT2D eigenvalue weighted by Crippen LogP contribution is -2.29. The zero-order valence-electron chi connectivity index (χ0n) is 15.3. The van der Waals surface area contributed by atoms with E-state index in [-0.39, 0.29) is 11.8 Å². The monoisotopic (exact) mass is 338 g/mol. The zero-order valence-corrected chi connectivity index (χ0v) is 15.3. The minimum Gasteiger partial charge on any atom is -0.504 e. The number of hydrogen-bond donors (Lipinski definition) is 2. The third-order valence-electron chi connectivity index (χ3n) is 4.94. The van der Waals surface area contributed by atoms with Gasteiger partial charge in [0.2, 0.25) is 0 Å². The summed E-state index contributed by atoms with van der Waals surface area (Å²) in [6, 6.07) is 14.0. The molecule has 4 nitrogen and oxygen atoms in total. The van der Waals surface area contributed by atoms with Crippen molar-refractivity contribution in [2.75, 3.05) is 20.2 Å². The number of aryl methyl sites for hydroxylation is 1. The molecular formula is C21H26N2O2. The summed E-state index contributed by atoms with van der Waals surface area (Å²) in [5, 5.41) is 12.0. The fourth-order valence-electron chi connectivity index (χ4n) is 3.70. The molecule has 3 rings (SSSR count). The van der Waals surface area contributed by atoms with Crippen LogP contribution in [0.5, 0.6) is 11.5 Å². The molecule has 0 aliphatic heterocycles. The van der Waals surface area contributed by atoms with Crippen LogP contribution in [0.4, 0.5) is 0 Å². The number of nitrogens with zero attached hydrogens (tertiary/aromatic N) is 1. The molecule has 0 aliphatic carbocycles. The molecule has 4 heteroatoms. The third kappa shape index (κ3) is 2.98. The van der Waals surface area contributed by atoms with Gasteiger partial charge in [0.05, 0.1) is 13.2 Å². The Morgan fingerprint density at radius 3 is 2.48 bits per heavy atom. The number of aromatic hydroxyl groups is 1. The second-order valence-electron chi connectivity index (χ2n) is 6.23. The van der Waals surface area contributed by atoms with Crippen molar-refractivity contribution in [1.29, 1.82) is 0 Å². The Morgan fingerprint density at radius 2 is 1.80 bits per heavy atom. The topological polar surface area (TPSA) is 48.5 Å². The molecule has 1 unspecified atom stereocenters. The van der Waals surface area contributed by atoms with Gasteiger partial charge in [-0.05, 0) is 32.1 Å². The molecule has 3 aromatic rings. The highest BCUT2D eigenvalue weighted by atomic mass is 16.5. The summed E-state index contributed by atoms with van der Waals surface area (Å²) in [4.78, 5) is 5.85. The van der Waals surface area contributed by atoms with Gasteiger partial charge < -0.3 is 14.8 Å². The summed E-state index contributed by atoms with van der Waals surface area (Å²) < 4.78 is 5.34. The molecule has 0 amide bonds. The van der Waals surface area contributed by atoms with Gasteiger partial charge in [0.15, 0.2) is 11.5 Å². The van der Waals surface area contributed by atoms with Crippen molar-refractivity contribution in [2.24, 2.45) is 0 Å². The number of aromatic amines is 1. The van der Waals surface area contributed by atoms with Crippen LogP contribution in [0.2, 0.25) is 0 Å². The van der Waals surface area contributed by atoms with Gasteiger partial charge in [-0.25, -0.2) is 0 Å². The van der Waals surface area contributed by atoms with Gasteiger partial charge in [0.1, 0.15) is 0 Å². The van der Waals surface area contributed by atoms with Gasteiger partial charge in [0, 0.05) is 27.7 Å². The average Bonchev–Trinajstić information content (AvgIpc) is 2.96. The quantitative estimate of drug-likeness (QED) is 0.689. The molecule has 2 N–H and O–H groups in total. The molecule has 1 aromatic heterocycles. The molecule has 0 saturated heterocycles. The van der Waals surface area contributed by atoms with Gasteiger partial charge in [-0.2, -0.15) is 0 Å². The van der Waals surface area contributed by atoms with Crippen molar-refractivity contribution in [3.05, 3.63) is 59.3 Å². The maximum Gasteiger partial charge on any atom is 0.162 e. The molecule has 1 atom stereocenters. The minimum absolute atomic E-state index is 0.0405. The normalized spacial score (nSPS) is 12.7. The van der Waals surface area contributed by atoms with Crippen molar-refractivity contribution in [3.63, 3.8) is 0 Å². The molecular weight excluding hydrogens is 312 g/mol. The fourth-order valence-corrected chi connectivity index (χ4v) is 3.70. The number of benzene rings is 2. The number of H-pyrrole nitrogens is 1. The van der Waals surface area contributed by atoms with E-state index in [1.807, 2.05) is 18.2 Å². The zero-order chi connectivity index (χ0) is 18.0. The summed E-state index contributed by atoms with van der Waals surface area (Å²) >= 11 is 0. The van der Waals surface area contributed by atoms with E-state index in [9.17, 15) is 5.11 Å². The predicted octanol–water partition coefficient (Wildman–Crippen LogP) is 4.62. The Bertz CT molecular complexity index is 865. The first-order chi connectivity index (χ1) is 12.1. The Hall–Kier alpha value is -2.46. The van der Waals surface area contributed by atoms with E-state index < -0.39 is 0 Å². The lowest BCUT2D eigenvalue weighted by Gasteiger charge is -2.31. The van der Waals surface area contributed by atoms with Crippen LogP contribution in [0.3, 0.4) is 0 Å². The summed E-state index contributed by atoms with van der Waals surface area (Å²) in [5.41, 5.74) is 4.33. The van der Waals surface area contributed by atoms with E-state index in [0.717, 1.165) is 29.9 Å². The highest BCUT2D eigenvalue weighted by molar-refractivity contribution is 5.85. The largest absolute Gasteiger partial charge is 0.504 e. The van der Waals surface area contributed by atoms with Crippen LogP contribution >= 0.6 is 0 Å².